The van der Waals surface area contributed by atoms with Gasteiger partial charge in [-0.05, 0) is 34.9 Å². The molecule has 1 heterocycles. The maximum absolute atomic E-state index is 13.1. The smallest absolute Gasteiger partial charge is 0.191 e. The van der Waals surface area contributed by atoms with Gasteiger partial charge in [-0.3, -0.25) is 9.67 Å². The van der Waals surface area contributed by atoms with E-state index in [4.69, 9.17) is 4.74 Å². The monoisotopic (exact) mass is 523 g/mol. The fourth-order valence-electron chi connectivity index (χ4n) is 3.06. The zero-order valence-electron chi connectivity index (χ0n) is 17.1. The fourth-order valence-corrected chi connectivity index (χ4v) is 3.06. The number of rotatable bonds is 8. The van der Waals surface area contributed by atoms with Crippen molar-refractivity contribution < 1.29 is 9.13 Å². The molecular weight excluding hydrogens is 496 g/mol. The Morgan fingerprint density at radius 1 is 1.10 bits per heavy atom. The van der Waals surface area contributed by atoms with Crippen molar-refractivity contribution in [2.24, 2.45) is 4.99 Å². The summed E-state index contributed by atoms with van der Waals surface area (Å²) in [6, 6.07) is 16.5. The van der Waals surface area contributed by atoms with Crippen LogP contribution in [0.1, 0.15) is 22.8 Å². The topological polar surface area (TPSA) is 63.5 Å². The molecule has 1 unspecified atom stereocenters. The lowest BCUT2D eigenvalue weighted by molar-refractivity contribution is 0.106. The van der Waals surface area contributed by atoms with Crippen LogP contribution in [-0.4, -0.2) is 36.4 Å². The average Bonchev–Trinajstić information content (AvgIpc) is 3.26. The van der Waals surface area contributed by atoms with E-state index in [1.54, 1.807) is 32.5 Å². The molecule has 0 radical (unpaired) electrons. The van der Waals surface area contributed by atoms with Crippen molar-refractivity contribution >= 4 is 29.9 Å². The highest BCUT2D eigenvalue weighted by atomic mass is 127. The Bertz CT molecular complexity index is 916. The third-order valence-electron chi connectivity index (χ3n) is 4.66. The van der Waals surface area contributed by atoms with Crippen LogP contribution in [0.25, 0.3) is 0 Å². The van der Waals surface area contributed by atoms with Gasteiger partial charge in [-0.25, -0.2) is 4.39 Å². The van der Waals surface area contributed by atoms with E-state index in [0.717, 1.165) is 5.56 Å². The van der Waals surface area contributed by atoms with Crippen LogP contribution in [-0.2, 0) is 17.8 Å². The number of benzene rings is 2. The Kier molecular flexibility index (Phi) is 9.75. The molecule has 6 nitrogen and oxygen atoms in total. The quantitative estimate of drug-likeness (QED) is 0.268. The van der Waals surface area contributed by atoms with E-state index in [1.165, 1.54) is 23.3 Å². The van der Waals surface area contributed by atoms with Crippen molar-refractivity contribution in [3.05, 3.63) is 89.5 Å². The summed E-state index contributed by atoms with van der Waals surface area (Å²) in [5, 5.41) is 10.9. The van der Waals surface area contributed by atoms with Crippen molar-refractivity contribution in [3.63, 3.8) is 0 Å². The molecule has 1 aromatic heterocycles. The van der Waals surface area contributed by atoms with Crippen LogP contribution >= 0.6 is 24.0 Å². The van der Waals surface area contributed by atoms with E-state index in [9.17, 15) is 4.39 Å². The van der Waals surface area contributed by atoms with E-state index < -0.39 is 0 Å². The van der Waals surface area contributed by atoms with Crippen LogP contribution in [0.3, 0.4) is 0 Å². The zero-order valence-corrected chi connectivity index (χ0v) is 19.4. The summed E-state index contributed by atoms with van der Waals surface area (Å²) in [5.41, 5.74) is 3.27. The third kappa shape index (κ3) is 6.81. The minimum atomic E-state index is -0.261. The molecule has 0 bridgehead atoms. The Balaban J connectivity index is 0.00000320. The molecule has 0 amide bonds. The largest absolute Gasteiger partial charge is 0.375 e. The lowest BCUT2D eigenvalue weighted by atomic mass is 10.1. The summed E-state index contributed by atoms with van der Waals surface area (Å²) >= 11 is 0. The maximum Gasteiger partial charge on any atom is 0.191 e. The molecule has 0 aliphatic carbocycles. The van der Waals surface area contributed by atoms with Gasteiger partial charge in [-0.2, -0.15) is 5.10 Å². The predicted octanol–water partition coefficient (Wildman–Crippen LogP) is 3.74. The van der Waals surface area contributed by atoms with Gasteiger partial charge in [0.15, 0.2) is 5.96 Å². The molecule has 0 spiro atoms. The normalized spacial score (nSPS) is 12.2. The Morgan fingerprint density at radius 2 is 1.83 bits per heavy atom. The lowest BCUT2D eigenvalue weighted by Gasteiger charge is -2.19. The number of nitrogens with zero attached hydrogens (tertiary/aromatic N) is 3. The van der Waals surface area contributed by atoms with E-state index >= 15 is 0 Å². The second kappa shape index (κ2) is 12.3. The molecule has 0 saturated heterocycles. The molecule has 30 heavy (non-hydrogen) atoms. The van der Waals surface area contributed by atoms with Gasteiger partial charge in [0.1, 0.15) is 5.82 Å². The number of guanidine groups is 1. The van der Waals surface area contributed by atoms with Crippen molar-refractivity contribution in [2.45, 2.75) is 19.2 Å². The molecule has 0 fully saturated rings. The van der Waals surface area contributed by atoms with Gasteiger partial charge in [-0.15, -0.1) is 24.0 Å². The molecule has 0 saturated carbocycles. The molecule has 8 heteroatoms. The molecule has 1 atom stereocenters. The van der Waals surface area contributed by atoms with Crippen molar-refractivity contribution in [1.29, 1.82) is 0 Å². The average molecular weight is 523 g/mol. The van der Waals surface area contributed by atoms with Gasteiger partial charge in [0.25, 0.3) is 0 Å². The third-order valence-corrected chi connectivity index (χ3v) is 4.66. The first kappa shape index (κ1) is 23.8. The SMILES string of the molecule is CN=C(NCc1ccccc1Cn1cccn1)NCC(OC)c1ccc(F)cc1.I. The number of hydrogen-bond donors (Lipinski definition) is 2. The second-order valence-electron chi connectivity index (χ2n) is 6.55. The second-order valence-corrected chi connectivity index (χ2v) is 6.55. The summed E-state index contributed by atoms with van der Waals surface area (Å²) in [5.74, 6) is 0.408. The Hall–Kier alpha value is -2.46. The summed E-state index contributed by atoms with van der Waals surface area (Å²) in [7, 11) is 3.36. The van der Waals surface area contributed by atoms with Gasteiger partial charge >= 0.3 is 0 Å². The van der Waals surface area contributed by atoms with E-state index in [2.05, 4.69) is 32.9 Å². The molecule has 3 aromatic rings. The lowest BCUT2D eigenvalue weighted by Crippen LogP contribution is -2.39. The summed E-state index contributed by atoms with van der Waals surface area (Å²) in [6.07, 6.45) is 3.52. The summed E-state index contributed by atoms with van der Waals surface area (Å²) in [4.78, 5) is 4.28. The van der Waals surface area contributed by atoms with Crippen molar-refractivity contribution in [3.8, 4) is 0 Å². The van der Waals surface area contributed by atoms with Crippen LogP contribution in [0.5, 0.6) is 0 Å². The number of methoxy groups -OCH3 is 1. The van der Waals surface area contributed by atoms with Crippen molar-refractivity contribution in [2.75, 3.05) is 20.7 Å². The Morgan fingerprint density at radius 3 is 2.47 bits per heavy atom. The van der Waals surface area contributed by atoms with E-state index in [1.807, 2.05) is 29.1 Å². The number of aromatic nitrogens is 2. The number of nitrogens with one attached hydrogen (secondary N) is 2. The highest BCUT2D eigenvalue weighted by Crippen LogP contribution is 2.16. The number of aliphatic imine (C=N–C) groups is 1. The molecule has 0 aliphatic heterocycles. The Labute approximate surface area is 193 Å². The minimum absolute atomic E-state index is 0. The minimum Gasteiger partial charge on any atom is -0.375 e. The molecule has 160 valence electrons. The molecule has 0 aliphatic rings. The van der Waals surface area contributed by atoms with Gasteiger partial charge in [0.2, 0.25) is 0 Å². The zero-order chi connectivity index (χ0) is 20.5. The number of ether oxygens (including phenoxy) is 1. The maximum atomic E-state index is 13.1. The van der Waals surface area contributed by atoms with Crippen LogP contribution < -0.4 is 10.6 Å². The van der Waals surface area contributed by atoms with Crippen LogP contribution in [0, 0.1) is 5.82 Å². The standard InChI is InChI=1S/C22H26FN5O.HI/c1-24-22(26-15-21(29-2)17-8-10-20(23)11-9-17)25-14-18-6-3-4-7-19(18)16-28-13-5-12-27-28;/h3-13,21H,14-16H2,1-2H3,(H2,24,25,26);1H. The van der Waals surface area contributed by atoms with E-state index in [-0.39, 0.29) is 35.9 Å². The first-order valence-corrected chi connectivity index (χ1v) is 9.46. The summed E-state index contributed by atoms with van der Waals surface area (Å²) < 4.78 is 20.6. The van der Waals surface area contributed by atoms with E-state index in [0.29, 0.717) is 25.6 Å². The highest BCUT2D eigenvalue weighted by molar-refractivity contribution is 14.0. The molecule has 3 rings (SSSR count). The van der Waals surface area contributed by atoms with Crippen molar-refractivity contribution in [1.82, 2.24) is 20.4 Å². The van der Waals surface area contributed by atoms with Gasteiger partial charge in [0, 0.05) is 39.6 Å². The first-order valence-electron chi connectivity index (χ1n) is 9.46. The molecular formula is C22H27FIN5O. The fraction of sp³-hybridized carbons (Fsp3) is 0.273. The number of halogens is 2. The van der Waals surface area contributed by atoms with Crippen LogP contribution in [0.15, 0.2) is 72.0 Å². The van der Waals surface area contributed by atoms with Gasteiger partial charge in [0.05, 0.1) is 12.6 Å². The van der Waals surface area contributed by atoms with Crippen LogP contribution in [0.4, 0.5) is 4.39 Å². The molecule has 2 aromatic carbocycles. The van der Waals surface area contributed by atoms with Crippen LogP contribution in [0.2, 0.25) is 0 Å². The predicted molar refractivity (Wildman–Crippen MR) is 128 cm³/mol. The number of hydrogen-bond acceptors (Lipinski definition) is 3. The first-order chi connectivity index (χ1) is 14.2. The van der Waals surface area contributed by atoms with Gasteiger partial charge in [-0.1, -0.05) is 36.4 Å². The highest BCUT2D eigenvalue weighted by Gasteiger charge is 2.12. The van der Waals surface area contributed by atoms with Gasteiger partial charge < -0.3 is 15.4 Å². The summed E-state index contributed by atoms with van der Waals surface area (Å²) in [6.45, 7) is 1.86. The molecule has 2 N–H and O–H groups in total.